The molecule has 7 heteroatoms. The van der Waals surface area contributed by atoms with Crippen LogP contribution in [0.2, 0.25) is 0 Å². The van der Waals surface area contributed by atoms with Crippen LogP contribution in [0, 0.1) is 6.92 Å². The number of carbonyl (C=O) groups excluding carboxylic acids is 3. The molecule has 2 aromatic rings. The van der Waals surface area contributed by atoms with Gasteiger partial charge in [-0.1, -0.05) is 12.1 Å². The zero-order chi connectivity index (χ0) is 21.5. The van der Waals surface area contributed by atoms with Gasteiger partial charge in [-0.2, -0.15) is 0 Å². The number of imide groups is 1. The van der Waals surface area contributed by atoms with Gasteiger partial charge >= 0.3 is 0 Å². The molecule has 3 aliphatic heterocycles. The molecule has 4 heterocycles. The van der Waals surface area contributed by atoms with Gasteiger partial charge in [-0.15, -0.1) is 11.3 Å². The zero-order valence-electron chi connectivity index (χ0n) is 17.7. The molecule has 3 amide bonds. The number of benzene rings is 1. The van der Waals surface area contributed by atoms with E-state index in [0.717, 1.165) is 25.2 Å². The average Bonchev–Trinajstić information content (AvgIpc) is 3.32. The van der Waals surface area contributed by atoms with Gasteiger partial charge < -0.3 is 4.90 Å². The van der Waals surface area contributed by atoms with Crippen LogP contribution in [0.4, 0.5) is 0 Å². The maximum atomic E-state index is 12.8. The van der Waals surface area contributed by atoms with Gasteiger partial charge in [0.25, 0.3) is 5.91 Å². The van der Waals surface area contributed by atoms with E-state index in [1.165, 1.54) is 28.8 Å². The molecule has 0 bridgehead atoms. The van der Waals surface area contributed by atoms with E-state index in [9.17, 15) is 14.4 Å². The summed E-state index contributed by atoms with van der Waals surface area (Å²) in [5.41, 5.74) is 4.36. The van der Waals surface area contributed by atoms with E-state index in [0.29, 0.717) is 24.4 Å². The zero-order valence-corrected chi connectivity index (χ0v) is 18.5. The molecule has 0 radical (unpaired) electrons. The highest BCUT2D eigenvalue weighted by atomic mass is 32.1. The number of likely N-dealkylation sites (tertiary alicyclic amines) is 1. The monoisotopic (exact) mass is 437 g/mol. The number of hydrogen-bond donors (Lipinski definition) is 1. The Balaban J connectivity index is 1.22. The molecule has 0 saturated carbocycles. The van der Waals surface area contributed by atoms with Crippen LogP contribution in [0.5, 0.6) is 0 Å². The lowest BCUT2D eigenvalue weighted by molar-refractivity contribution is -0.136. The number of nitrogens with one attached hydrogen (secondary N) is 1. The Morgan fingerprint density at radius 3 is 2.61 bits per heavy atom. The summed E-state index contributed by atoms with van der Waals surface area (Å²) < 4.78 is 0. The fourth-order valence-corrected chi connectivity index (χ4v) is 5.87. The highest BCUT2D eigenvalue weighted by Crippen LogP contribution is 2.32. The van der Waals surface area contributed by atoms with Crippen molar-refractivity contribution in [3.05, 3.63) is 56.8 Å². The van der Waals surface area contributed by atoms with Crippen molar-refractivity contribution in [2.45, 2.75) is 57.7 Å². The quantitative estimate of drug-likeness (QED) is 0.746. The van der Waals surface area contributed by atoms with Gasteiger partial charge in [-0.05, 0) is 79.4 Å². The standard InChI is InChI=1S/C24H27N3O3S/c1-15-10-19(14-31-15)17-6-8-26(9-7-17)12-16-2-3-20-18(11-16)13-27(24(20)30)21-4-5-22(28)25-23(21)29/h2-3,10-11,14,17,21H,4-9,12-13H2,1H3,(H,25,28,29). The lowest BCUT2D eigenvalue weighted by Crippen LogP contribution is -2.52. The first-order valence-electron chi connectivity index (χ1n) is 11.0. The minimum Gasteiger partial charge on any atom is -0.322 e. The molecule has 6 nitrogen and oxygen atoms in total. The number of piperidine rings is 2. The maximum absolute atomic E-state index is 12.8. The Morgan fingerprint density at radius 1 is 1.10 bits per heavy atom. The smallest absolute Gasteiger partial charge is 0.255 e. The van der Waals surface area contributed by atoms with Crippen LogP contribution < -0.4 is 5.32 Å². The molecule has 2 saturated heterocycles. The van der Waals surface area contributed by atoms with E-state index in [1.54, 1.807) is 4.90 Å². The van der Waals surface area contributed by atoms with Gasteiger partial charge in [0.2, 0.25) is 11.8 Å². The summed E-state index contributed by atoms with van der Waals surface area (Å²) in [5.74, 6) is -0.0595. The van der Waals surface area contributed by atoms with Crippen molar-refractivity contribution in [1.29, 1.82) is 0 Å². The second-order valence-corrected chi connectivity index (χ2v) is 10.0. The normalized spacial score (nSPS) is 22.7. The van der Waals surface area contributed by atoms with Crippen LogP contribution in [0.3, 0.4) is 0 Å². The van der Waals surface area contributed by atoms with Gasteiger partial charge in [-0.3, -0.25) is 24.6 Å². The number of hydrogen-bond acceptors (Lipinski definition) is 5. The van der Waals surface area contributed by atoms with Crippen LogP contribution in [0.25, 0.3) is 0 Å². The predicted molar refractivity (Wildman–Crippen MR) is 119 cm³/mol. The minimum atomic E-state index is -0.555. The van der Waals surface area contributed by atoms with E-state index >= 15 is 0 Å². The van der Waals surface area contributed by atoms with E-state index in [2.05, 4.69) is 34.7 Å². The van der Waals surface area contributed by atoms with Crippen molar-refractivity contribution in [3.8, 4) is 0 Å². The lowest BCUT2D eigenvalue weighted by Gasteiger charge is -2.31. The third-order valence-corrected chi connectivity index (χ3v) is 7.68. The summed E-state index contributed by atoms with van der Waals surface area (Å²) in [4.78, 5) is 42.0. The molecule has 1 unspecified atom stereocenters. The number of nitrogens with zero attached hydrogens (tertiary/aromatic N) is 2. The number of rotatable bonds is 4. The number of thiophene rings is 1. The summed E-state index contributed by atoms with van der Waals surface area (Å²) >= 11 is 1.84. The van der Waals surface area contributed by atoms with E-state index in [4.69, 9.17) is 0 Å². The van der Waals surface area contributed by atoms with Gasteiger partial charge in [0, 0.05) is 30.0 Å². The molecule has 5 rings (SSSR count). The highest BCUT2D eigenvalue weighted by molar-refractivity contribution is 7.10. The first-order valence-corrected chi connectivity index (χ1v) is 11.9. The Kier molecular flexibility index (Phi) is 5.40. The minimum absolute atomic E-state index is 0.108. The Hall–Kier alpha value is -2.51. The van der Waals surface area contributed by atoms with E-state index < -0.39 is 6.04 Å². The fraction of sp³-hybridized carbons (Fsp3) is 0.458. The van der Waals surface area contributed by atoms with Crippen LogP contribution in [-0.2, 0) is 22.7 Å². The first-order chi connectivity index (χ1) is 15.0. The van der Waals surface area contributed by atoms with Crippen LogP contribution in [-0.4, -0.2) is 46.7 Å². The Morgan fingerprint density at radius 2 is 1.90 bits per heavy atom. The molecule has 162 valence electrons. The van der Waals surface area contributed by atoms with Crippen molar-refractivity contribution in [3.63, 3.8) is 0 Å². The molecule has 0 aliphatic carbocycles. The average molecular weight is 438 g/mol. The molecular weight excluding hydrogens is 410 g/mol. The fourth-order valence-electron chi connectivity index (χ4n) is 5.09. The molecule has 31 heavy (non-hydrogen) atoms. The van der Waals surface area contributed by atoms with Crippen molar-refractivity contribution in [2.24, 2.45) is 0 Å². The summed E-state index contributed by atoms with van der Waals surface area (Å²) in [6.07, 6.45) is 3.05. The SMILES string of the molecule is Cc1cc(C2CCN(Cc3ccc4c(c3)CN(C3CCC(=O)NC3=O)C4=O)CC2)cs1. The molecule has 1 aromatic carbocycles. The van der Waals surface area contributed by atoms with Gasteiger partial charge in [-0.25, -0.2) is 0 Å². The van der Waals surface area contributed by atoms with Gasteiger partial charge in [0.05, 0.1) is 0 Å². The molecule has 3 aliphatic rings. The van der Waals surface area contributed by atoms with Crippen molar-refractivity contribution in [1.82, 2.24) is 15.1 Å². The van der Waals surface area contributed by atoms with Crippen LogP contribution in [0.15, 0.2) is 29.6 Å². The summed E-state index contributed by atoms with van der Waals surface area (Å²) in [5, 5.41) is 4.66. The number of aryl methyl sites for hydroxylation is 1. The summed E-state index contributed by atoms with van der Waals surface area (Å²) in [6, 6.07) is 7.84. The summed E-state index contributed by atoms with van der Waals surface area (Å²) in [6.45, 7) is 5.66. The Labute approximate surface area is 186 Å². The largest absolute Gasteiger partial charge is 0.322 e. The van der Waals surface area contributed by atoms with Gasteiger partial charge in [0.15, 0.2) is 0 Å². The molecule has 1 aromatic heterocycles. The maximum Gasteiger partial charge on any atom is 0.255 e. The molecule has 1 atom stereocenters. The summed E-state index contributed by atoms with van der Waals surface area (Å²) in [7, 11) is 0. The molecule has 1 N–H and O–H groups in total. The number of fused-ring (bicyclic) bond motifs is 1. The first kappa shape index (κ1) is 20.4. The molecular formula is C24H27N3O3S. The van der Waals surface area contributed by atoms with E-state index in [1.807, 2.05) is 23.5 Å². The number of amides is 3. The van der Waals surface area contributed by atoms with Crippen LogP contribution in [0.1, 0.15) is 63.5 Å². The van der Waals surface area contributed by atoms with E-state index in [-0.39, 0.29) is 24.1 Å². The third kappa shape index (κ3) is 4.04. The van der Waals surface area contributed by atoms with Gasteiger partial charge in [0.1, 0.15) is 6.04 Å². The topological polar surface area (TPSA) is 69.7 Å². The second-order valence-electron chi connectivity index (χ2n) is 8.93. The van der Waals surface area contributed by atoms with Crippen LogP contribution >= 0.6 is 11.3 Å². The molecule has 2 fully saturated rings. The Bertz CT molecular complexity index is 1040. The third-order valence-electron chi connectivity index (χ3n) is 6.80. The number of carbonyl (C=O) groups is 3. The second kappa shape index (κ2) is 8.20. The molecule has 0 spiro atoms. The highest BCUT2D eigenvalue weighted by Gasteiger charge is 2.39. The van der Waals surface area contributed by atoms with Crippen molar-refractivity contribution in [2.75, 3.05) is 13.1 Å². The van der Waals surface area contributed by atoms with Crippen molar-refractivity contribution >= 4 is 29.1 Å². The predicted octanol–water partition coefficient (Wildman–Crippen LogP) is 3.20. The lowest BCUT2D eigenvalue weighted by atomic mass is 9.91. The van der Waals surface area contributed by atoms with Crippen molar-refractivity contribution < 1.29 is 14.4 Å².